The first-order chi connectivity index (χ1) is 11.5. The molecule has 0 unspecified atom stereocenters. The van der Waals surface area contributed by atoms with Gasteiger partial charge in [-0.3, -0.25) is 5.32 Å². The molecular weight excluding hydrogens is 324 g/mol. The van der Waals surface area contributed by atoms with Crippen LogP contribution < -0.4 is 15.4 Å². The smallest absolute Gasteiger partial charge is 0.412 e. The molecule has 0 aliphatic heterocycles. The summed E-state index contributed by atoms with van der Waals surface area (Å²) in [5.41, 5.74) is -0.638. The van der Waals surface area contributed by atoms with Crippen molar-refractivity contribution in [3.8, 4) is 5.75 Å². The van der Waals surface area contributed by atoms with Crippen LogP contribution in [-0.2, 0) is 9.47 Å². The van der Waals surface area contributed by atoms with Crippen LogP contribution >= 0.6 is 0 Å². The maximum atomic E-state index is 11.9. The zero-order valence-corrected chi connectivity index (χ0v) is 15.8. The maximum absolute atomic E-state index is 11.9. The molecule has 0 radical (unpaired) electrons. The van der Waals surface area contributed by atoms with Crippen molar-refractivity contribution in [2.45, 2.75) is 52.7 Å². The van der Waals surface area contributed by atoms with Gasteiger partial charge < -0.3 is 19.5 Å². The van der Waals surface area contributed by atoms with Crippen LogP contribution in [-0.4, -0.2) is 36.5 Å². The number of hydrogen-bond donors (Lipinski definition) is 2. The molecule has 7 nitrogen and oxygen atoms in total. The van der Waals surface area contributed by atoms with E-state index in [1.165, 1.54) is 0 Å². The van der Waals surface area contributed by atoms with Gasteiger partial charge in [0, 0.05) is 0 Å². The summed E-state index contributed by atoms with van der Waals surface area (Å²) in [6, 6.07) is 7.00. The number of hydrogen-bond acceptors (Lipinski definition) is 5. The number of amides is 2. The van der Waals surface area contributed by atoms with Crippen LogP contribution in [0.5, 0.6) is 5.75 Å². The van der Waals surface area contributed by atoms with Crippen molar-refractivity contribution in [2.75, 3.05) is 18.5 Å². The molecule has 0 fully saturated rings. The van der Waals surface area contributed by atoms with Gasteiger partial charge in [0.1, 0.15) is 23.6 Å². The number of carbonyl (C=O) groups excluding carboxylic acids is 2. The largest absolute Gasteiger partial charge is 0.490 e. The van der Waals surface area contributed by atoms with Gasteiger partial charge >= 0.3 is 12.2 Å². The minimum Gasteiger partial charge on any atom is -0.490 e. The Kier molecular flexibility index (Phi) is 7.09. The Morgan fingerprint density at radius 1 is 0.920 bits per heavy atom. The maximum Gasteiger partial charge on any atom is 0.412 e. The zero-order valence-electron chi connectivity index (χ0n) is 15.8. The summed E-state index contributed by atoms with van der Waals surface area (Å²) >= 11 is 0. The summed E-state index contributed by atoms with van der Waals surface area (Å²) in [6.07, 6.45) is -1.06. The van der Waals surface area contributed by atoms with Gasteiger partial charge in [0.15, 0.2) is 0 Å². The fourth-order valence-corrected chi connectivity index (χ4v) is 1.74. The van der Waals surface area contributed by atoms with E-state index in [0.29, 0.717) is 11.4 Å². The Morgan fingerprint density at radius 3 is 2.08 bits per heavy atom. The molecule has 2 N–H and O–H groups in total. The summed E-state index contributed by atoms with van der Waals surface area (Å²) in [6.45, 7) is 11.2. The lowest BCUT2D eigenvalue weighted by Crippen LogP contribution is -2.34. The minimum absolute atomic E-state index is 0.228. The fourth-order valence-electron chi connectivity index (χ4n) is 1.74. The van der Waals surface area contributed by atoms with Gasteiger partial charge in [-0.1, -0.05) is 12.1 Å². The zero-order chi connectivity index (χ0) is 19.1. The van der Waals surface area contributed by atoms with E-state index in [4.69, 9.17) is 14.2 Å². The van der Waals surface area contributed by atoms with Gasteiger partial charge in [-0.05, 0) is 53.7 Å². The Hall–Kier alpha value is -2.44. The first-order valence-electron chi connectivity index (χ1n) is 8.15. The van der Waals surface area contributed by atoms with Crippen molar-refractivity contribution in [2.24, 2.45) is 0 Å². The number of rotatable bonds is 5. The highest BCUT2D eigenvalue weighted by Crippen LogP contribution is 2.24. The van der Waals surface area contributed by atoms with Gasteiger partial charge in [-0.15, -0.1) is 0 Å². The van der Waals surface area contributed by atoms with Crippen LogP contribution in [0.4, 0.5) is 15.3 Å². The lowest BCUT2D eigenvalue weighted by Gasteiger charge is -2.21. The summed E-state index contributed by atoms with van der Waals surface area (Å²) in [7, 11) is 0. The van der Waals surface area contributed by atoms with Crippen LogP contribution in [0.3, 0.4) is 0 Å². The summed E-state index contributed by atoms with van der Waals surface area (Å²) in [5.74, 6) is 0.486. The number of ether oxygens (including phenoxy) is 3. The van der Waals surface area contributed by atoms with Gasteiger partial charge in [0.05, 0.1) is 12.2 Å². The van der Waals surface area contributed by atoms with Crippen LogP contribution in [0.25, 0.3) is 0 Å². The minimum atomic E-state index is -0.586. The first kappa shape index (κ1) is 20.6. The van der Waals surface area contributed by atoms with Crippen molar-refractivity contribution in [1.29, 1.82) is 0 Å². The van der Waals surface area contributed by atoms with Crippen molar-refractivity contribution in [1.82, 2.24) is 5.32 Å². The molecule has 7 heteroatoms. The van der Waals surface area contributed by atoms with Crippen molar-refractivity contribution in [3.63, 3.8) is 0 Å². The second kappa shape index (κ2) is 8.60. The number of para-hydroxylation sites is 2. The molecule has 1 aromatic carbocycles. The molecule has 0 bridgehead atoms. The van der Waals surface area contributed by atoms with E-state index in [2.05, 4.69) is 10.6 Å². The van der Waals surface area contributed by atoms with E-state index in [1.807, 2.05) is 0 Å². The Balaban J connectivity index is 2.49. The van der Waals surface area contributed by atoms with Crippen LogP contribution in [0.2, 0.25) is 0 Å². The Morgan fingerprint density at radius 2 is 1.48 bits per heavy atom. The molecule has 25 heavy (non-hydrogen) atoms. The molecule has 0 saturated carbocycles. The third kappa shape index (κ3) is 9.44. The normalized spacial score (nSPS) is 11.4. The quantitative estimate of drug-likeness (QED) is 0.784. The molecule has 1 rings (SSSR count). The highest BCUT2D eigenvalue weighted by atomic mass is 16.6. The summed E-state index contributed by atoms with van der Waals surface area (Å²) in [5, 5.41) is 5.25. The molecule has 0 aromatic heterocycles. The van der Waals surface area contributed by atoms with E-state index in [9.17, 15) is 9.59 Å². The molecule has 0 saturated heterocycles. The van der Waals surface area contributed by atoms with Gasteiger partial charge in [-0.25, -0.2) is 9.59 Å². The van der Waals surface area contributed by atoms with E-state index < -0.39 is 23.4 Å². The predicted molar refractivity (Wildman–Crippen MR) is 96.0 cm³/mol. The molecule has 1 aromatic rings. The lowest BCUT2D eigenvalue weighted by atomic mass is 10.2. The number of anilines is 1. The number of alkyl carbamates (subject to hydrolysis) is 1. The van der Waals surface area contributed by atoms with Gasteiger partial charge in [0.25, 0.3) is 0 Å². The molecule has 0 spiro atoms. The number of nitrogens with one attached hydrogen (secondary N) is 2. The topological polar surface area (TPSA) is 85.9 Å². The average molecular weight is 352 g/mol. The Bertz CT molecular complexity index is 588. The second-order valence-corrected chi connectivity index (χ2v) is 7.40. The van der Waals surface area contributed by atoms with E-state index >= 15 is 0 Å². The van der Waals surface area contributed by atoms with E-state index in [0.717, 1.165) is 0 Å². The van der Waals surface area contributed by atoms with Crippen LogP contribution in [0.15, 0.2) is 24.3 Å². The van der Waals surface area contributed by atoms with E-state index in [-0.39, 0.29) is 13.2 Å². The SMILES string of the molecule is CC(C)(C)OC(=O)NCCOc1ccccc1NC(=O)OC(C)(C)C. The molecule has 0 atom stereocenters. The van der Waals surface area contributed by atoms with Crippen molar-refractivity contribution < 1.29 is 23.8 Å². The van der Waals surface area contributed by atoms with Gasteiger partial charge in [0.2, 0.25) is 0 Å². The highest BCUT2D eigenvalue weighted by molar-refractivity contribution is 5.86. The van der Waals surface area contributed by atoms with Crippen LogP contribution in [0.1, 0.15) is 41.5 Å². The average Bonchev–Trinajstić information content (AvgIpc) is 2.41. The van der Waals surface area contributed by atoms with Gasteiger partial charge in [-0.2, -0.15) is 0 Å². The molecule has 2 amide bonds. The molecular formula is C18H28N2O5. The lowest BCUT2D eigenvalue weighted by molar-refractivity contribution is 0.0519. The first-order valence-corrected chi connectivity index (χ1v) is 8.15. The molecule has 0 aliphatic carbocycles. The third-order valence-electron chi connectivity index (χ3n) is 2.55. The van der Waals surface area contributed by atoms with E-state index in [1.54, 1.807) is 65.8 Å². The van der Waals surface area contributed by atoms with Crippen molar-refractivity contribution >= 4 is 17.9 Å². The predicted octanol–water partition coefficient (Wildman–Crippen LogP) is 3.94. The van der Waals surface area contributed by atoms with Crippen LogP contribution in [0, 0.1) is 0 Å². The monoisotopic (exact) mass is 352 g/mol. The summed E-state index contributed by atoms with van der Waals surface area (Å²) in [4.78, 5) is 23.4. The molecule has 0 aliphatic rings. The highest BCUT2D eigenvalue weighted by Gasteiger charge is 2.18. The second-order valence-electron chi connectivity index (χ2n) is 7.40. The fraction of sp³-hybridized carbons (Fsp3) is 0.556. The standard InChI is InChI=1S/C18H28N2O5/c1-17(2,3)24-15(21)19-11-12-23-14-10-8-7-9-13(14)20-16(22)25-18(4,5)6/h7-10H,11-12H2,1-6H3,(H,19,21)(H,20,22). The number of benzene rings is 1. The Labute approximate surface area is 149 Å². The third-order valence-corrected chi connectivity index (χ3v) is 2.55. The summed E-state index contributed by atoms with van der Waals surface area (Å²) < 4.78 is 16.0. The molecule has 140 valence electrons. The van der Waals surface area contributed by atoms with Crippen molar-refractivity contribution in [3.05, 3.63) is 24.3 Å². The number of carbonyl (C=O) groups is 2. The molecule has 0 heterocycles.